The molecule has 0 aliphatic rings. The van der Waals surface area contributed by atoms with Gasteiger partial charge in [-0.25, -0.2) is 0 Å². The van der Waals surface area contributed by atoms with E-state index < -0.39 is 15.9 Å². The molecule has 0 aliphatic heterocycles. The number of hydrogen-bond donors (Lipinski definition) is 4. The topological polar surface area (TPSA) is 60.7 Å². The molecule has 0 amide bonds. The molecular weight excluding hydrogens is 231 g/mol. The molecular formula is C10H27O3PS. The van der Waals surface area contributed by atoms with Crippen LogP contribution in [0.25, 0.3) is 0 Å². The lowest BCUT2D eigenvalue weighted by molar-refractivity contribution is 0.362. The van der Waals surface area contributed by atoms with Gasteiger partial charge in [0.25, 0.3) is 6.72 Å². The molecule has 0 rings (SSSR count). The van der Waals surface area contributed by atoms with Crippen LogP contribution in [0.2, 0.25) is 0 Å². The molecule has 15 heavy (non-hydrogen) atoms. The van der Waals surface area contributed by atoms with E-state index in [1.165, 1.54) is 12.8 Å². The highest BCUT2D eigenvalue weighted by atomic mass is 32.6. The van der Waals surface area contributed by atoms with Crippen LogP contribution >= 0.6 is 6.72 Å². The first-order chi connectivity index (χ1) is 6.93. The van der Waals surface area contributed by atoms with E-state index in [4.69, 9.17) is 0 Å². The van der Waals surface area contributed by atoms with Crippen molar-refractivity contribution in [3.63, 3.8) is 0 Å². The summed E-state index contributed by atoms with van der Waals surface area (Å²) in [5.74, 6) is 2.32. The van der Waals surface area contributed by atoms with Gasteiger partial charge in [0.1, 0.15) is 0 Å². The molecule has 0 bridgehead atoms. The molecule has 0 atom stereocenters. The van der Waals surface area contributed by atoms with Crippen molar-refractivity contribution in [2.45, 2.75) is 46.5 Å². The summed E-state index contributed by atoms with van der Waals surface area (Å²) in [6.45, 7) is 2.50. The maximum absolute atomic E-state index is 9.56. The Labute approximate surface area is 94.7 Å². The van der Waals surface area contributed by atoms with Crippen molar-refractivity contribution in [1.29, 1.82) is 0 Å². The maximum Gasteiger partial charge on any atom is 0.259 e. The lowest BCUT2D eigenvalue weighted by Gasteiger charge is -2.32. The van der Waals surface area contributed by atoms with Crippen molar-refractivity contribution in [3.8, 4) is 0 Å². The zero-order chi connectivity index (χ0) is 11.9. The third-order valence-electron chi connectivity index (χ3n) is 3.17. The van der Waals surface area contributed by atoms with Crippen LogP contribution in [-0.2, 0) is 9.21 Å². The normalized spacial score (nSPS) is 14.3. The molecule has 0 fully saturated rings. The molecule has 3 N–H and O–H groups in total. The van der Waals surface area contributed by atoms with Gasteiger partial charge in [-0.3, -0.25) is 0 Å². The van der Waals surface area contributed by atoms with Gasteiger partial charge in [0.05, 0.1) is 0 Å². The molecule has 5 heteroatoms. The molecule has 0 aromatic heterocycles. The van der Waals surface area contributed by atoms with Gasteiger partial charge in [-0.15, -0.1) is 0 Å². The number of rotatable bonds is 7. The Morgan fingerprint density at radius 2 is 1.40 bits per heavy atom. The summed E-state index contributed by atoms with van der Waals surface area (Å²) in [4.78, 5) is 28.7. The van der Waals surface area contributed by atoms with Crippen molar-refractivity contribution < 1.29 is 14.7 Å². The molecule has 0 radical (unpaired) electrons. The van der Waals surface area contributed by atoms with E-state index in [1.807, 2.05) is 13.8 Å². The minimum atomic E-state index is -3.59. The maximum atomic E-state index is 9.56. The van der Waals surface area contributed by atoms with Crippen LogP contribution in [0.5, 0.6) is 0 Å². The zero-order valence-electron chi connectivity index (χ0n) is 10.2. The van der Waals surface area contributed by atoms with Crippen LogP contribution in [0, 0.1) is 0 Å². The third kappa shape index (κ3) is 4.58. The van der Waals surface area contributed by atoms with E-state index in [0.29, 0.717) is 0 Å². The van der Waals surface area contributed by atoms with Gasteiger partial charge >= 0.3 is 0 Å². The largest absolute Gasteiger partial charge is 0.330 e. The molecule has 0 saturated carbocycles. The van der Waals surface area contributed by atoms with Gasteiger partial charge in [0, 0.05) is 0 Å². The first-order valence-electron chi connectivity index (χ1n) is 5.87. The lowest BCUT2D eigenvalue weighted by atomic mass is 10.2. The summed E-state index contributed by atoms with van der Waals surface area (Å²) in [5.41, 5.74) is 0. The second-order valence-electron chi connectivity index (χ2n) is 4.05. The fraction of sp³-hybridized carbons (Fsp3) is 1.00. The van der Waals surface area contributed by atoms with Crippen LogP contribution in [0.1, 0.15) is 46.5 Å². The van der Waals surface area contributed by atoms with Gasteiger partial charge < -0.3 is 14.7 Å². The van der Waals surface area contributed by atoms with Crippen LogP contribution in [0.15, 0.2) is 0 Å². The number of hydrogen-bond acceptors (Lipinski definition) is 0. The summed E-state index contributed by atoms with van der Waals surface area (Å²) in [5, 5.41) is 0. The summed E-state index contributed by atoms with van der Waals surface area (Å²) in [6.07, 6.45) is 4.54. The summed E-state index contributed by atoms with van der Waals surface area (Å²) >= 11 is 0. The van der Waals surface area contributed by atoms with E-state index in [1.54, 1.807) is 0 Å². The van der Waals surface area contributed by atoms with Gasteiger partial charge in [0.15, 0.2) is 0 Å². The van der Waals surface area contributed by atoms with E-state index in [-0.39, 0.29) is 0 Å². The predicted octanol–water partition coefficient (Wildman–Crippen LogP) is 2.15. The number of unbranched alkanes of at least 4 members (excludes halogenated alkanes) is 3. The minimum absolute atomic E-state index is 0.743. The second-order valence-corrected chi connectivity index (χ2v) is 13.2. The Kier molecular flexibility index (Phi) is 7.39. The van der Waals surface area contributed by atoms with Crippen molar-refractivity contribution >= 4 is 15.9 Å². The smallest absolute Gasteiger partial charge is 0.259 e. The van der Waals surface area contributed by atoms with Gasteiger partial charge in [0.2, 0.25) is 0 Å². The Morgan fingerprint density at radius 1 is 0.867 bits per heavy atom. The average Bonchev–Trinajstić information content (AvgIpc) is 2.17. The van der Waals surface area contributed by atoms with Crippen LogP contribution in [0.3, 0.4) is 0 Å². The Hall–Kier alpha value is 0.660. The first-order valence-corrected chi connectivity index (χ1v) is 10.6. The van der Waals surface area contributed by atoms with Crippen molar-refractivity contribution in [2.24, 2.45) is 0 Å². The van der Waals surface area contributed by atoms with Crippen molar-refractivity contribution in [3.05, 3.63) is 0 Å². The molecule has 96 valence electrons. The average molecular weight is 258 g/mol. The Morgan fingerprint density at radius 3 is 1.73 bits per heavy atom. The van der Waals surface area contributed by atoms with E-state index >= 15 is 0 Å². The fourth-order valence-electron chi connectivity index (χ4n) is 1.89. The Balaban J connectivity index is 4.56. The highest BCUT2D eigenvalue weighted by Crippen LogP contribution is 2.44. The number of thiol groups is 1. The minimum Gasteiger partial charge on any atom is -0.330 e. The highest BCUT2D eigenvalue weighted by Gasteiger charge is 2.21. The quantitative estimate of drug-likeness (QED) is 0.321. The standard InChI is InChI=1S/C10H27O3PS/c1-4-7-8-9-10-15(5-2,6-3)14(11,12)13/h11-13,15H,4-10H2,1-3H3. The zero-order valence-corrected chi connectivity index (χ0v) is 12.0. The highest BCUT2D eigenvalue weighted by molar-refractivity contribution is 8.38. The van der Waals surface area contributed by atoms with Crippen molar-refractivity contribution in [2.75, 3.05) is 17.3 Å². The molecule has 0 heterocycles. The molecule has 0 saturated heterocycles. The van der Waals surface area contributed by atoms with E-state index in [2.05, 4.69) is 6.92 Å². The Bertz CT molecular complexity index is 231. The summed E-state index contributed by atoms with van der Waals surface area (Å²) in [7, 11) is -1.90. The first kappa shape index (κ1) is 15.7. The second kappa shape index (κ2) is 7.08. The molecule has 3 nitrogen and oxygen atoms in total. The van der Waals surface area contributed by atoms with E-state index in [9.17, 15) is 14.7 Å². The summed E-state index contributed by atoms with van der Waals surface area (Å²) < 4.78 is 0. The van der Waals surface area contributed by atoms with E-state index in [0.717, 1.165) is 30.1 Å². The van der Waals surface area contributed by atoms with Gasteiger partial charge in [-0.2, -0.15) is 9.21 Å². The fourth-order valence-corrected chi connectivity index (χ4v) is 8.31. The van der Waals surface area contributed by atoms with Gasteiger partial charge in [-0.1, -0.05) is 40.0 Å². The van der Waals surface area contributed by atoms with Crippen LogP contribution in [0.4, 0.5) is 0 Å². The van der Waals surface area contributed by atoms with Crippen LogP contribution < -0.4 is 0 Å². The molecule has 0 aromatic rings. The lowest BCUT2D eigenvalue weighted by Crippen LogP contribution is -2.23. The van der Waals surface area contributed by atoms with Crippen LogP contribution in [-0.4, -0.2) is 31.9 Å². The molecule has 0 aliphatic carbocycles. The molecule has 0 aromatic carbocycles. The molecule has 0 spiro atoms. The SMILES string of the molecule is CCCCCC[SH](CC)(CC)=P(O)(O)O. The predicted molar refractivity (Wildman–Crippen MR) is 72.4 cm³/mol. The summed E-state index contributed by atoms with van der Waals surface area (Å²) in [6, 6.07) is 0. The monoisotopic (exact) mass is 258 g/mol. The van der Waals surface area contributed by atoms with Crippen molar-refractivity contribution in [1.82, 2.24) is 0 Å². The van der Waals surface area contributed by atoms with Gasteiger partial charge in [-0.05, 0) is 23.7 Å². The third-order valence-corrected chi connectivity index (χ3v) is 13.5. The molecule has 0 unspecified atom stereocenters.